The van der Waals surface area contributed by atoms with E-state index in [1.54, 1.807) is 13.0 Å². The SMILES string of the molecule is C=CCC(C)NC(=O)C(C)(N)c1ccc(Br)cc1. The number of amides is 1. The van der Waals surface area contributed by atoms with E-state index in [4.69, 9.17) is 5.73 Å². The molecule has 2 atom stereocenters. The van der Waals surface area contributed by atoms with Crippen LogP contribution in [0.1, 0.15) is 25.8 Å². The Bertz CT molecular complexity index is 426. The van der Waals surface area contributed by atoms with Crippen LogP contribution in [0.5, 0.6) is 0 Å². The molecule has 3 N–H and O–H groups in total. The third-order valence-corrected chi connectivity index (χ3v) is 3.34. The summed E-state index contributed by atoms with van der Waals surface area (Å²) < 4.78 is 0.961. The number of nitrogens with one attached hydrogen (secondary N) is 1. The standard InChI is InChI=1S/C14H19BrN2O/c1-4-5-10(2)17-13(18)14(3,16)11-6-8-12(15)9-7-11/h4,6-10H,1,5,16H2,2-3H3,(H,17,18). The molecule has 3 nitrogen and oxygen atoms in total. The van der Waals surface area contributed by atoms with Gasteiger partial charge in [-0.1, -0.05) is 34.1 Å². The van der Waals surface area contributed by atoms with Gasteiger partial charge in [-0.05, 0) is 38.0 Å². The van der Waals surface area contributed by atoms with E-state index in [-0.39, 0.29) is 11.9 Å². The van der Waals surface area contributed by atoms with Gasteiger partial charge >= 0.3 is 0 Å². The fourth-order valence-electron chi connectivity index (χ4n) is 1.61. The molecule has 0 aliphatic heterocycles. The van der Waals surface area contributed by atoms with Gasteiger partial charge in [0.2, 0.25) is 5.91 Å². The summed E-state index contributed by atoms with van der Waals surface area (Å²) in [6.07, 6.45) is 2.50. The number of benzene rings is 1. The number of carbonyl (C=O) groups excluding carboxylic acids is 1. The first-order chi connectivity index (χ1) is 8.37. The highest BCUT2D eigenvalue weighted by Gasteiger charge is 2.30. The van der Waals surface area contributed by atoms with E-state index in [0.29, 0.717) is 0 Å². The topological polar surface area (TPSA) is 55.1 Å². The van der Waals surface area contributed by atoms with Gasteiger partial charge in [0.15, 0.2) is 0 Å². The fraction of sp³-hybridized carbons (Fsp3) is 0.357. The van der Waals surface area contributed by atoms with E-state index in [9.17, 15) is 4.79 Å². The molecule has 0 fully saturated rings. The molecule has 1 aromatic rings. The maximum Gasteiger partial charge on any atom is 0.244 e. The Morgan fingerprint density at radius 2 is 2.11 bits per heavy atom. The van der Waals surface area contributed by atoms with Gasteiger partial charge in [-0.15, -0.1) is 6.58 Å². The Kier molecular flexibility index (Phi) is 5.11. The number of rotatable bonds is 5. The molecular weight excluding hydrogens is 292 g/mol. The Hall–Kier alpha value is -1.13. The van der Waals surface area contributed by atoms with Crippen LogP contribution in [0.2, 0.25) is 0 Å². The molecule has 1 rings (SSSR count). The molecule has 0 spiro atoms. The average Bonchev–Trinajstić information content (AvgIpc) is 2.29. The second kappa shape index (κ2) is 6.16. The van der Waals surface area contributed by atoms with Crippen molar-refractivity contribution in [3.05, 3.63) is 47.0 Å². The van der Waals surface area contributed by atoms with E-state index in [2.05, 4.69) is 27.8 Å². The summed E-state index contributed by atoms with van der Waals surface area (Å²) in [4.78, 5) is 12.2. The van der Waals surface area contributed by atoms with Crippen molar-refractivity contribution in [2.45, 2.75) is 31.8 Å². The zero-order valence-electron chi connectivity index (χ0n) is 10.7. The molecule has 1 aromatic carbocycles. The number of hydrogen-bond acceptors (Lipinski definition) is 2. The highest BCUT2D eigenvalue weighted by molar-refractivity contribution is 9.10. The van der Waals surface area contributed by atoms with Crippen LogP contribution in [-0.2, 0) is 10.3 Å². The molecule has 1 amide bonds. The van der Waals surface area contributed by atoms with Gasteiger partial charge in [-0.2, -0.15) is 0 Å². The molecule has 0 aliphatic carbocycles. The maximum atomic E-state index is 12.2. The Labute approximate surface area is 117 Å². The lowest BCUT2D eigenvalue weighted by Gasteiger charge is -2.26. The number of halogens is 1. The van der Waals surface area contributed by atoms with E-state index in [1.165, 1.54) is 0 Å². The minimum atomic E-state index is -1.03. The minimum absolute atomic E-state index is 0.0355. The van der Waals surface area contributed by atoms with E-state index < -0.39 is 5.54 Å². The van der Waals surface area contributed by atoms with Gasteiger partial charge in [0.25, 0.3) is 0 Å². The van der Waals surface area contributed by atoms with Crippen LogP contribution in [0.25, 0.3) is 0 Å². The van der Waals surface area contributed by atoms with E-state index in [1.807, 2.05) is 31.2 Å². The van der Waals surface area contributed by atoms with Gasteiger partial charge in [0.05, 0.1) is 0 Å². The van der Waals surface area contributed by atoms with Crippen LogP contribution < -0.4 is 11.1 Å². The number of carbonyl (C=O) groups is 1. The van der Waals surface area contributed by atoms with Crippen molar-refractivity contribution in [2.75, 3.05) is 0 Å². The molecule has 0 aliphatic rings. The van der Waals surface area contributed by atoms with Crippen molar-refractivity contribution < 1.29 is 4.79 Å². The summed E-state index contributed by atoms with van der Waals surface area (Å²) in [5.74, 6) is -0.181. The van der Waals surface area contributed by atoms with Gasteiger partial charge in [0, 0.05) is 10.5 Å². The normalized spacial score (nSPS) is 15.6. The molecule has 4 heteroatoms. The number of hydrogen-bond donors (Lipinski definition) is 2. The highest BCUT2D eigenvalue weighted by Crippen LogP contribution is 2.20. The Balaban J connectivity index is 2.82. The van der Waals surface area contributed by atoms with Crippen molar-refractivity contribution in [2.24, 2.45) is 5.73 Å². The predicted octanol–water partition coefficient (Wildman–Crippen LogP) is 2.70. The van der Waals surface area contributed by atoms with Crippen LogP contribution in [0, 0.1) is 0 Å². The largest absolute Gasteiger partial charge is 0.351 e. The molecular formula is C14H19BrN2O. The monoisotopic (exact) mass is 310 g/mol. The summed E-state index contributed by atoms with van der Waals surface area (Å²) in [5.41, 5.74) is 5.88. The first kappa shape index (κ1) is 14.9. The molecule has 18 heavy (non-hydrogen) atoms. The molecule has 2 unspecified atom stereocenters. The Morgan fingerprint density at radius 3 is 2.61 bits per heavy atom. The van der Waals surface area contributed by atoms with Crippen LogP contribution >= 0.6 is 15.9 Å². The van der Waals surface area contributed by atoms with E-state index >= 15 is 0 Å². The quantitative estimate of drug-likeness (QED) is 0.822. The van der Waals surface area contributed by atoms with Gasteiger partial charge in [-0.3, -0.25) is 4.79 Å². The van der Waals surface area contributed by atoms with Crippen molar-refractivity contribution in [3.8, 4) is 0 Å². The second-order valence-electron chi connectivity index (χ2n) is 4.61. The molecule has 0 saturated carbocycles. The maximum absolute atomic E-state index is 12.2. The molecule has 0 saturated heterocycles. The van der Waals surface area contributed by atoms with Gasteiger partial charge in [-0.25, -0.2) is 0 Å². The van der Waals surface area contributed by atoms with E-state index in [0.717, 1.165) is 16.5 Å². The first-order valence-corrected chi connectivity index (χ1v) is 6.64. The summed E-state index contributed by atoms with van der Waals surface area (Å²) >= 11 is 3.36. The third-order valence-electron chi connectivity index (χ3n) is 2.81. The molecule has 98 valence electrons. The summed E-state index contributed by atoms with van der Waals surface area (Å²) in [7, 11) is 0. The van der Waals surface area contributed by atoms with Crippen molar-refractivity contribution >= 4 is 21.8 Å². The lowest BCUT2D eigenvalue weighted by molar-refractivity contribution is -0.126. The fourth-order valence-corrected chi connectivity index (χ4v) is 1.87. The smallest absolute Gasteiger partial charge is 0.244 e. The van der Waals surface area contributed by atoms with Crippen LogP contribution in [0.4, 0.5) is 0 Å². The molecule has 0 bridgehead atoms. The van der Waals surface area contributed by atoms with Crippen molar-refractivity contribution in [1.29, 1.82) is 0 Å². The van der Waals surface area contributed by atoms with Gasteiger partial charge < -0.3 is 11.1 Å². The zero-order valence-corrected chi connectivity index (χ0v) is 12.3. The average molecular weight is 311 g/mol. The van der Waals surface area contributed by atoms with Gasteiger partial charge in [0.1, 0.15) is 5.54 Å². The van der Waals surface area contributed by atoms with Crippen LogP contribution in [0.15, 0.2) is 41.4 Å². The van der Waals surface area contributed by atoms with Crippen molar-refractivity contribution in [1.82, 2.24) is 5.32 Å². The Morgan fingerprint density at radius 1 is 1.56 bits per heavy atom. The minimum Gasteiger partial charge on any atom is -0.351 e. The summed E-state index contributed by atoms with van der Waals surface area (Å²) in [5, 5.41) is 2.89. The first-order valence-electron chi connectivity index (χ1n) is 5.84. The van der Waals surface area contributed by atoms with Crippen molar-refractivity contribution in [3.63, 3.8) is 0 Å². The second-order valence-corrected chi connectivity index (χ2v) is 5.52. The summed E-state index contributed by atoms with van der Waals surface area (Å²) in [6.45, 7) is 7.29. The highest BCUT2D eigenvalue weighted by atomic mass is 79.9. The number of nitrogens with two attached hydrogens (primary N) is 1. The third kappa shape index (κ3) is 3.68. The van der Waals surface area contributed by atoms with Crippen LogP contribution in [-0.4, -0.2) is 11.9 Å². The lowest BCUT2D eigenvalue weighted by Crippen LogP contribution is -2.51. The molecule has 0 radical (unpaired) electrons. The predicted molar refractivity (Wildman–Crippen MR) is 78.1 cm³/mol. The molecule has 0 heterocycles. The van der Waals surface area contributed by atoms with Crippen LogP contribution in [0.3, 0.4) is 0 Å². The zero-order chi connectivity index (χ0) is 13.8. The molecule has 0 aromatic heterocycles. The lowest BCUT2D eigenvalue weighted by atomic mass is 9.92. The summed E-state index contributed by atoms with van der Waals surface area (Å²) in [6, 6.07) is 7.49.